The van der Waals surface area contributed by atoms with Crippen molar-refractivity contribution >= 4 is 0 Å². The Balaban J connectivity index is 1.99. The summed E-state index contributed by atoms with van der Waals surface area (Å²) in [6.07, 6.45) is 3.52. The summed E-state index contributed by atoms with van der Waals surface area (Å²) in [7, 11) is 3.78. The van der Waals surface area contributed by atoms with Crippen molar-refractivity contribution in [3.8, 4) is 11.5 Å². The largest absolute Gasteiger partial charge is 0.493 e. The highest BCUT2D eigenvalue weighted by molar-refractivity contribution is 5.43. The fourth-order valence-electron chi connectivity index (χ4n) is 2.34. The van der Waals surface area contributed by atoms with E-state index >= 15 is 0 Å². The summed E-state index contributed by atoms with van der Waals surface area (Å²) in [5, 5.41) is 0. The SMILES string of the molecule is COc1ccc(CCCCN)cc1OC1CN(C)C1. The van der Waals surface area contributed by atoms with Crippen molar-refractivity contribution in [2.75, 3.05) is 33.8 Å². The molecule has 0 bridgehead atoms. The number of nitrogens with zero attached hydrogens (tertiary/aromatic N) is 1. The molecule has 0 saturated carbocycles. The highest BCUT2D eigenvalue weighted by Gasteiger charge is 2.25. The summed E-state index contributed by atoms with van der Waals surface area (Å²) >= 11 is 0. The molecule has 2 rings (SSSR count). The van der Waals surface area contributed by atoms with Crippen LogP contribution in [0.3, 0.4) is 0 Å². The number of rotatable bonds is 7. The number of likely N-dealkylation sites (N-methyl/N-ethyl adjacent to an activating group) is 1. The molecule has 1 heterocycles. The first-order chi connectivity index (χ1) is 9.22. The molecule has 1 aromatic rings. The Morgan fingerprint density at radius 1 is 1.26 bits per heavy atom. The summed E-state index contributed by atoms with van der Waals surface area (Å²) in [6.45, 7) is 2.73. The van der Waals surface area contributed by atoms with Crippen LogP contribution in [0.1, 0.15) is 18.4 Å². The van der Waals surface area contributed by atoms with Gasteiger partial charge < -0.3 is 15.2 Å². The monoisotopic (exact) mass is 264 g/mol. The summed E-state index contributed by atoms with van der Waals surface area (Å²) in [5.74, 6) is 1.68. The number of unbranched alkanes of at least 4 members (excludes halogenated alkanes) is 1. The number of hydrogen-bond acceptors (Lipinski definition) is 4. The number of aryl methyl sites for hydroxylation is 1. The fraction of sp³-hybridized carbons (Fsp3) is 0.600. The second kappa shape index (κ2) is 6.78. The minimum Gasteiger partial charge on any atom is -0.493 e. The maximum Gasteiger partial charge on any atom is 0.161 e. The molecule has 2 N–H and O–H groups in total. The first-order valence-electron chi connectivity index (χ1n) is 6.95. The normalized spacial score (nSPS) is 16.2. The Bertz CT molecular complexity index is 403. The van der Waals surface area contributed by atoms with E-state index in [0.29, 0.717) is 0 Å². The van der Waals surface area contributed by atoms with E-state index in [4.69, 9.17) is 15.2 Å². The minimum absolute atomic E-state index is 0.290. The number of hydrogen-bond donors (Lipinski definition) is 1. The van der Waals surface area contributed by atoms with Crippen molar-refractivity contribution in [3.63, 3.8) is 0 Å². The van der Waals surface area contributed by atoms with Gasteiger partial charge >= 0.3 is 0 Å². The van der Waals surface area contributed by atoms with E-state index in [2.05, 4.69) is 24.1 Å². The second-order valence-corrected chi connectivity index (χ2v) is 5.19. The van der Waals surface area contributed by atoms with E-state index in [1.807, 2.05) is 6.07 Å². The van der Waals surface area contributed by atoms with Gasteiger partial charge in [-0.25, -0.2) is 0 Å². The summed E-state index contributed by atoms with van der Waals surface area (Å²) in [6, 6.07) is 6.21. The molecule has 0 atom stereocenters. The van der Waals surface area contributed by atoms with E-state index in [1.165, 1.54) is 5.56 Å². The van der Waals surface area contributed by atoms with Crippen molar-refractivity contribution in [1.82, 2.24) is 4.90 Å². The molecule has 1 aromatic carbocycles. The van der Waals surface area contributed by atoms with Gasteiger partial charge in [0.2, 0.25) is 0 Å². The van der Waals surface area contributed by atoms with E-state index in [0.717, 1.165) is 50.4 Å². The molecule has 0 spiro atoms. The lowest BCUT2D eigenvalue weighted by Crippen LogP contribution is -2.51. The Morgan fingerprint density at radius 2 is 2.05 bits per heavy atom. The maximum absolute atomic E-state index is 6.00. The molecule has 1 saturated heterocycles. The molecule has 0 aliphatic carbocycles. The van der Waals surface area contributed by atoms with Crippen molar-refractivity contribution in [2.24, 2.45) is 5.73 Å². The standard InChI is InChI=1S/C15H24N2O2/c1-17-10-13(11-17)19-15-9-12(5-3-4-8-16)6-7-14(15)18-2/h6-7,9,13H,3-5,8,10-11,16H2,1-2H3. The molecule has 0 unspecified atom stereocenters. The van der Waals surface area contributed by atoms with Crippen LogP contribution in [0.15, 0.2) is 18.2 Å². The van der Waals surface area contributed by atoms with Crippen LogP contribution in [-0.2, 0) is 6.42 Å². The van der Waals surface area contributed by atoms with Gasteiger partial charge in [0.05, 0.1) is 7.11 Å². The molecule has 4 heteroatoms. The van der Waals surface area contributed by atoms with Crippen LogP contribution in [0.5, 0.6) is 11.5 Å². The topological polar surface area (TPSA) is 47.7 Å². The molecule has 0 amide bonds. The smallest absolute Gasteiger partial charge is 0.161 e. The average molecular weight is 264 g/mol. The van der Waals surface area contributed by atoms with E-state index in [-0.39, 0.29) is 6.10 Å². The lowest BCUT2D eigenvalue weighted by molar-refractivity contribution is 0.0369. The van der Waals surface area contributed by atoms with Crippen molar-refractivity contribution in [1.29, 1.82) is 0 Å². The molecule has 0 aromatic heterocycles. The zero-order valence-corrected chi connectivity index (χ0v) is 11.9. The summed E-state index contributed by atoms with van der Waals surface area (Å²) < 4.78 is 11.4. The van der Waals surface area contributed by atoms with Gasteiger partial charge in [-0.15, -0.1) is 0 Å². The molecular weight excluding hydrogens is 240 g/mol. The lowest BCUT2D eigenvalue weighted by Gasteiger charge is -2.36. The van der Waals surface area contributed by atoms with Gasteiger partial charge in [-0.2, -0.15) is 0 Å². The third-order valence-electron chi connectivity index (χ3n) is 3.47. The van der Waals surface area contributed by atoms with Crippen LogP contribution in [0, 0.1) is 0 Å². The minimum atomic E-state index is 0.290. The van der Waals surface area contributed by atoms with Gasteiger partial charge in [0.25, 0.3) is 0 Å². The zero-order chi connectivity index (χ0) is 13.7. The molecule has 1 aliphatic heterocycles. The predicted molar refractivity (Wildman–Crippen MR) is 76.9 cm³/mol. The number of benzene rings is 1. The quantitative estimate of drug-likeness (QED) is 0.761. The van der Waals surface area contributed by atoms with Crippen LogP contribution in [-0.4, -0.2) is 44.8 Å². The molecule has 4 nitrogen and oxygen atoms in total. The van der Waals surface area contributed by atoms with Crippen LogP contribution >= 0.6 is 0 Å². The van der Waals surface area contributed by atoms with Crippen molar-refractivity contribution < 1.29 is 9.47 Å². The summed E-state index contributed by atoms with van der Waals surface area (Å²) in [4.78, 5) is 2.24. The highest BCUT2D eigenvalue weighted by Crippen LogP contribution is 2.30. The Hall–Kier alpha value is -1.26. The lowest BCUT2D eigenvalue weighted by atomic mass is 10.1. The van der Waals surface area contributed by atoms with Crippen LogP contribution in [0.25, 0.3) is 0 Å². The predicted octanol–water partition coefficient (Wildman–Crippen LogP) is 1.67. The van der Waals surface area contributed by atoms with Gasteiger partial charge in [-0.1, -0.05) is 6.07 Å². The average Bonchev–Trinajstić information content (AvgIpc) is 2.38. The van der Waals surface area contributed by atoms with E-state index in [1.54, 1.807) is 7.11 Å². The van der Waals surface area contributed by atoms with Gasteiger partial charge in [-0.3, -0.25) is 4.90 Å². The Morgan fingerprint density at radius 3 is 2.68 bits per heavy atom. The number of ether oxygens (including phenoxy) is 2. The maximum atomic E-state index is 6.00. The third kappa shape index (κ3) is 3.85. The van der Waals surface area contributed by atoms with Gasteiger partial charge in [0, 0.05) is 13.1 Å². The first-order valence-corrected chi connectivity index (χ1v) is 6.95. The third-order valence-corrected chi connectivity index (χ3v) is 3.47. The van der Waals surface area contributed by atoms with Crippen molar-refractivity contribution in [2.45, 2.75) is 25.4 Å². The van der Waals surface area contributed by atoms with Crippen molar-refractivity contribution in [3.05, 3.63) is 23.8 Å². The number of nitrogens with two attached hydrogens (primary N) is 1. The van der Waals surface area contributed by atoms with Gasteiger partial charge in [-0.05, 0) is 50.6 Å². The summed E-state index contributed by atoms with van der Waals surface area (Å²) in [5.41, 5.74) is 6.81. The van der Waals surface area contributed by atoms with Gasteiger partial charge in [0.1, 0.15) is 6.10 Å². The fourth-order valence-corrected chi connectivity index (χ4v) is 2.34. The van der Waals surface area contributed by atoms with Gasteiger partial charge in [0.15, 0.2) is 11.5 Å². The molecule has 106 valence electrons. The van der Waals surface area contributed by atoms with E-state index in [9.17, 15) is 0 Å². The second-order valence-electron chi connectivity index (χ2n) is 5.19. The van der Waals surface area contributed by atoms with Crippen LogP contribution < -0.4 is 15.2 Å². The number of likely N-dealkylation sites (tertiary alicyclic amines) is 1. The Labute approximate surface area is 115 Å². The molecule has 1 fully saturated rings. The van der Waals surface area contributed by atoms with E-state index < -0.39 is 0 Å². The molecule has 1 aliphatic rings. The van der Waals surface area contributed by atoms with Crippen LogP contribution in [0.2, 0.25) is 0 Å². The Kier molecular flexibility index (Phi) is 5.05. The first kappa shape index (κ1) is 14.2. The molecule has 19 heavy (non-hydrogen) atoms. The molecule has 0 radical (unpaired) electrons. The highest BCUT2D eigenvalue weighted by atomic mass is 16.5. The number of methoxy groups -OCH3 is 1. The zero-order valence-electron chi connectivity index (χ0n) is 11.9. The molecular formula is C15H24N2O2. The van der Waals surface area contributed by atoms with Crippen LogP contribution in [0.4, 0.5) is 0 Å².